The van der Waals surface area contributed by atoms with Crippen LogP contribution in [0.4, 0.5) is 0 Å². The number of aryl methyl sites for hydroxylation is 1. The van der Waals surface area contributed by atoms with Crippen molar-refractivity contribution in [2.24, 2.45) is 0 Å². The number of hydrogen-bond acceptors (Lipinski definition) is 5. The maximum absolute atomic E-state index is 10.0. The fourth-order valence-electron chi connectivity index (χ4n) is 1.43. The van der Waals surface area contributed by atoms with E-state index >= 15 is 0 Å². The molecule has 2 heterocycles. The lowest BCUT2D eigenvalue weighted by Gasteiger charge is -2.06. The van der Waals surface area contributed by atoms with E-state index < -0.39 is 6.10 Å². The van der Waals surface area contributed by atoms with Gasteiger partial charge in [0.2, 0.25) is 5.88 Å². The molecule has 0 aliphatic rings. The van der Waals surface area contributed by atoms with Crippen molar-refractivity contribution in [1.29, 1.82) is 0 Å². The lowest BCUT2D eigenvalue weighted by molar-refractivity contribution is 0.209. The zero-order valence-corrected chi connectivity index (χ0v) is 9.74. The number of methoxy groups -OCH3 is 1. The van der Waals surface area contributed by atoms with E-state index in [1.54, 1.807) is 24.7 Å². The highest BCUT2D eigenvalue weighted by Gasteiger charge is 2.15. The molecule has 0 aliphatic heterocycles. The summed E-state index contributed by atoms with van der Waals surface area (Å²) in [7, 11) is 1.52. The Labute approximate surface area is 98.9 Å². The Morgan fingerprint density at radius 2 is 2.18 bits per heavy atom. The van der Waals surface area contributed by atoms with Crippen LogP contribution in [0.25, 0.3) is 0 Å². The molecule has 17 heavy (non-hydrogen) atoms. The molecular weight excluding hydrogens is 220 g/mol. The Morgan fingerprint density at radius 1 is 1.35 bits per heavy atom. The van der Waals surface area contributed by atoms with Gasteiger partial charge in [0.1, 0.15) is 6.10 Å². The summed E-state index contributed by atoms with van der Waals surface area (Å²) in [5, 5.41) is 17.7. The predicted molar refractivity (Wildman–Crippen MR) is 60.5 cm³/mol. The number of nitrogens with zero attached hydrogens (tertiary/aromatic N) is 4. The minimum Gasteiger partial charge on any atom is -0.480 e. The monoisotopic (exact) mass is 234 g/mol. The van der Waals surface area contributed by atoms with Gasteiger partial charge in [-0.1, -0.05) is 0 Å². The third-order valence-corrected chi connectivity index (χ3v) is 2.45. The second kappa shape index (κ2) is 4.92. The first-order chi connectivity index (χ1) is 8.24. The van der Waals surface area contributed by atoms with E-state index in [1.807, 2.05) is 11.5 Å². The molecule has 0 saturated heterocycles. The van der Waals surface area contributed by atoms with Crippen LogP contribution in [0.5, 0.6) is 5.88 Å². The lowest BCUT2D eigenvalue weighted by atomic mass is 10.2. The zero-order chi connectivity index (χ0) is 12.3. The Bertz CT molecular complexity index is 480. The van der Waals surface area contributed by atoms with Crippen LogP contribution in [-0.4, -0.2) is 32.0 Å². The van der Waals surface area contributed by atoms with Crippen LogP contribution in [-0.2, 0) is 6.54 Å². The Hall–Kier alpha value is -1.95. The summed E-state index contributed by atoms with van der Waals surface area (Å²) in [6.45, 7) is 2.82. The van der Waals surface area contributed by atoms with Crippen molar-refractivity contribution >= 4 is 0 Å². The molecule has 2 aromatic heterocycles. The Morgan fingerprint density at radius 3 is 2.71 bits per heavy atom. The minimum absolute atomic E-state index is 0.417. The Kier molecular flexibility index (Phi) is 3.34. The lowest BCUT2D eigenvalue weighted by Crippen LogP contribution is -2.04. The maximum Gasteiger partial charge on any atom is 0.233 e. The molecule has 1 N–H and O–H groups in total. The van der Waals surface area contributed by atoms with Gasteiger partial charge in [0, 0.05) is 18.8 Å². The molecule has 0 aromatic carbocycles. The van der Waals surface area contributed by atoms with Crippen molar-refractivity contribution in [2.75, 3.05) is 7.11 Å². The minimum atomic E-state index is -0.860. The largest absolute Gasteiger partial charge is 0.480 e. The molecule has 6 nitrogen and oxygen atoms in total. The standard InChI is InChI=1S/C11H14N4O2/c1-3-15-6-9(12-7-15)11(16)8-4-5-10(17-2)14-13-8/h4-7,11,16H,3H2,1-2H3. The summed E-state index contributed by atoms with van der Waals surface area (Å²) in [4.78, 5) is 4.12. The van der Waals surface area contributed by atoms with E-state index in [0.717, 1.165) is 6.54 Å². The molecule has 0 bridgehead atoms. The maximum atomic E-state index is 10.0. The predicted octanol–water partition coefficient (Wildman–Crippen LogP) is 0.783. The van der Waals surface area contributed by atoms with Crippen molar-refractivity contribution in [3.8, 4) is 5.88 Å². The van der Waals surface area contributed by atoms with Crippen LogP contribution in [0, 0.1) is 0 Å². The van der Waals surface area contributed by atoms with Gasteiger partial charge in [-0.2, -0.15) is 0 Å². The summed E-state index contributed by atoms with van der Waals surface area (Å²) in [6, 6.07) is 3.32. The molecule has 1 unspecified atom stereocenters. The molecule has 6 heteroatoms. The molecule has 0 fully saturated rings. The third kappa shape index (κ3) is 2.42. The van der Waals surface area contributed by atoms with Crippen LogP contribution in [0.3, 0.4) is 0 Å². The average molecular weight is 234 g/mol. The molecule has 1 atom stereocenters. The molecule has 0 saturated carbocycles. The van der Waals surface area contributed by atoms with Gasteiger partial charge in [0.15, 0.2) is 0 Å². The van der Waals surface area contributed by atoms with Crippen molar-refractivity contribution < 1.29 is 9.84 Å². The number of aliphatic hydroxyl groups is 1. The number of aliphatic hydroxyl groups excluding tert-OH is 1. The molecule has 0 amide bonds. The summed E-state index contributed by atoms with van der Waals surface area (Å²) in [5.74, 6) is 0.417. The Balaban J connectivity index is 2.20. The molecule has 2 aromatic rings. The van der Waals surface area contributed by atoms with Gasteiger partial charge in [-0.25, -0.2) is 4.98 Å². The van der Waals surface area contributed by atoms with Gasteiger partial charge in [-0.05, 0) is 13.0 Å². The average Bonchev–Trinajstić information content (AvgIpc) is 2.87. The summed E-state index contributed by atoms with van der Waals surface area (Å²) in [5.41, 5.74) is 1.01. The van der Waals surface area contributed by atoms with Gasteiger partial charge >= 0.3 is 0 Å². The second-order valence-electron chi connectivity index (χ2n) is 3.53. The van der Waals surface area contributed by atoms with Crippen LogP contribution in [0.2, 0.25) is 0 Å². The zero-order valence-electron chi connectivity index (χ0n) is 9.74. The van der Waals surface area contributed by atoms with Crippen LogP contribution < -0.4 is 4.74 Å². The van der Waals surface area contributed by atoms with Crippen LogP contribution in [0.15, 0.2) is 24.7 Å². The van der Waals surface area contributed by atoms with Crippen molar-refractivity contribution in [1.82, 2.24) is 19.7 Å². The fourth-order valence-corrected chi connectivity index (χ4v) is 1.43. The summed E-state index contributed by atoms with van der Waals surface area (Å²) < 4.78 is 6.79. The first kappa shape index (κ1) is 11.5. The van der Waals surface area contributed by atoms with Gasteiger partial charge in [-0.3, -0.25) is 0 Å². The van der Waals surface area contributed by atoms with Gasteiger partial charge < -0.3 is 14.4 Å². The van der Waals surface area contributed by atoms with Crippen molar-refractivity contribution in [3.05, 3.63) is 36.0 Å². The van der Waals surface area contributed by atoms with E-state index in [0.29, 0.717) is 17.3 Å². The number of ether oxygens (including phenoxy) is 1. The van der Waals surface area contributed by atoms with Gasteiger partial charge in [0.25, 0.3) is 0 Å². The van der Waals surface area contributed by atoms with E-state index in [-0.39, 0.29) is 0 Å². The van der Waals surface area contributed by atoms with Crippen LogP contribution in [0.1, 0.15) is 24.4 Å². The fraction of sp³-hybridized carbons (Fsp3) is 0.364. The highest BCUT2D eigenvalue weighted by atomic mass is 16.5. The number of imidazole rings is 1. The summed E-state index contributed by atoms with van der Waals surface area (Å²) in [6.07, 6.45) is 2.60. The molecule has 2 rings (SSSR count). The van der Waals surface area contributed by atoms with Gasteiger partial charge in [0.05, 0.1) is 24.8 Å². The summed E-state index contributed by atoms with van der Waals surface area (Å²) >= 11 is 0. The molecule has 0 spiro atoms. The third-order valence-electron chi connectivity index (χ3n) is 2.45. The first-order valence-electron chi connectivity index (χ1n) is 5.32. The van der Waals surface area contributed by atoms with E-state index in [2.05, 4.69) is 15.2 Å². The van der Waals surface area contributed by atoms with Crippen LogP contribution >= 0.6 is 0 Å². The quantitative estimate of drug-likeness (QED) is 0.846. The van der Waals surface area contributed by atoms with E-state index in [9.17, 15) is 5.11 Å². The number of aromatic nitrogens is 4. The van der Waals surface area contributed by atoms with E-state index in [4.69, 9.17) is 4.74 Å². The van der Waals surface area contributed by atoms with Crippen molar-refractivity contribution in [3.63, 3.8) is 0 Å². The topological polar surface area (TPSA) is 73.1 Å². The van der Waals surface area contributed by atoms with E-state index in [1.165, 1.54) is 7.11 Å². The molecular formula is C11H14N4O2. The number of hydrogen-bond donors (Lipinski definition) is 1. The normalized spacial score (nSPS) is 12.4. The molecule has 0 radical (unpaired) electrons. The number of rotatable bonds is 4. The highest BCUT2D eigenvalue weighted by molar-refractivity contribution is 5.19. The van der Waals surface area contributed by atoms with Crippen molar-refractivity contribution in [2.45, 2.75) is 19.6 Å². The molecule has 90 valence electrons. The molecule has 0 aliphatic carbocycles. The van der Waals surface area contributed by atoms with Gasteiger partial charge in [-0.15, -0.1) is 10.2 Å². The highest BCUT2D eigenvalue weighted by Crippen LogP contribution is 2.18. The first-order valence-corrected chi connectivity index (χ1v) is 5.32. The smallest absolute Gasteiger partial charge is 0.233 e. The second-order valence-corrected chi connectivity index (χ2v) is 3.53. The SMILES string of the molecule is CCn1cnc(C(O)c2ccc(OC)nn2)c1.